The Kier molecular flexibility index (Phi) is 14.8. The number of aromatic nitrogens is 5. The van der Waals surface area contributed by atoms with Gasteiger partial charge in [-0.1, -0.05) is 5.21 Å². The van der Waals surface area contributed by atoms with Gasteiger partial charge in [0.15, 0.2) is 0 Å². The summed E-state index contributed by atoms with van der Waals surface area (Å²) in [5, 5.41) is 28.0. The number of carbonyl (C=O) groups is 3. The molecule has 18 heteroatoms. The molecule has 0 bridgehead atoms. The number of hydrogen-bond donors (Lipinski definition) is 4. The van der Waals surface area contributed by atoms with Gasteiger partial charge in [0.25, 0.3) is 0 Å². The molecule has 2 aromatic heterocycles. The molecule has 1 atom stereocenters. The molecular formula is C35H59N11O7. The van der Waals surface area contributed by atoms with Crippen LogP contribution in [0.2, 0.25) is 0 Å². The highest BCUT2D eigenvalue weighted by Crippen LogP contribution is 2.23. The molecule has 1 unspecified atom stereocenters. The number of rotatable bonds is 15. The fraction of sp³-hybridized carbons (Fsp3) is 0.743. The van der Waals surface area contributed by atoms with Crippen LogP contribution in [0.1, 0.15) is 79.8 Å². The molecule has 4 heterocycles. The average Bonchev–Trinajstić information content (AvgIpc) is 3.54. The van der Waals surface area contributed by atoms with Crippen LogP contribution in [0, 0.1) is 0 Å². The number of ether oxygens (including phenoxy) is 3. The van der Waals surface area contributed by atoms with E-state index in [1.54, 1.807) is 32.4 Å². The highest BCUT2D eigenvalue weighted by molar-refractivity contribution is 5.77. The largest absolute Gasteiger partial charge is 0.444 e. The predicted molar refractivity (Wildman–Crippen MR) is 199 cm³/mol. The first-order valence-electron chi connectivity index (χ1n) is 18.5. The number of likely N-dealkylation sites (tertiary alicyclic amines) is 1. The third-order valence-corrected chi connectivity index (χ3v) is 8.23. The molecule has 0 aromatic carbocycles. The normalized spacial score (nSPS) is 16.2. The molecule has 2 aromatic rings. The minimum atomic E-state index is -0.742. The van der Waals surface area contributed by atoms with Gasteiger partial charge in [-0.25, -0.2) is 9.59 Å². The van der Waals surface area contributed by atoms with E-state index in [1.165, 1.54) is 4.90 Å². The SMILES string of the molecule is CC(O)CN(CCC(=O)N1CCC(Nc2cc(N3CCOCC3)nc(NCc3cn(CCCNC(=O)OC(C)(C)C)nn3)n2)CC1)C(=O)OC(C)(C)C. The monoisotopic (exact) mass is 745 g/mol. The Morgan fingerprint density at radius 3 is 2.40 bits per heavy atom. The lowest BCUT2D eigenvalue weighted by molar-refractivity contribution is -0.132. The van der Waals surface area contributed by atoms with Crippen molar-refractivity contribution in [3.63, 3.8) is 0 Å². The number of morpholine rings is 1. The van der Waals surface area contributed by atoms with E-state index < -0.39 is 29.5 Å². The molecule has 53 heavy (non-hydrogen) atoms. The maximum absolute atomic E-state index is 13.1. The van der Waals surface area contributed by atoms with Crippen LogP contribution in [0.15, 0.2) is 12.3 Å². The molecule has 2 aliphatic rings. The lowest BCUT2D eigenvalue weighted by Crippen LogP contribution is -2.45. The van der Waals surface area contributed by atoms with Gasteiger partial charge in [0.05, 0.1) is 32.1 Å². The molecule has 2 saturated heterocycles. The standard InChI is InChI=1S/C35H59N11O7/c1-25(47)23-45(33(50)53-35(5,6)7)16-11-30(48)44-14-9-26(10-15-44)38-28-21-29(43-17-19-51-20-18-43)40-31(39-28)37-22-27-24-46(42-41-27)13-8-12-36-32(49)52-34(2,3)4/h21,24-26,47H,8-20,22-23H2,1-7H3,(H,36,49)(H2,37,38,39,40). The van der Waals surface area contributed by atoms with Crippen LogP contribution >= 0.6 is 0 Å². The zero-order valence-corrected chi connectivity index (χ0v) is 32.4. The Morgan fingerprint density at radius 2 is 1.74 bits per heavy atom. The zero-order chi connectivity index (χ0) is 38.6. The van der Waals surface area contributed by atoms with Crippen LogP contribution in [-0.4, -0.2) is 140 Å². The lowest BCUT2D eigenvalue weighted by atomic mass is 10.0. The summed E-state index contributed by atoms with van der Waals surface area (Å²) >= 11 is 0. The number of nitrogens with zero attached hydrogens (tertiary/aromatic N) is 8. The second kappa shape index (κ2) is 19.0. The number of hydrogen-bond acceptors (Lipinski definition) is 14. The van der Waals surface area contributed by atoms with Crippen molar-refractivity contribution in [2.24, 2.45) is 0 Å². The van der Waals surface area contributed by atoms with Crippen molar-refractivity contribution in [3.8, 4) is 0 Å². The molecule has 2 aliphatic heterocycles. The number of anilines is 3. The molecule has 18 nitrogen and oxygen atoms in total. The molecule has 2 fully saturated rings. The number of aliphatic hydroxyl groups is 1. The maximum atomic E-state index is 13.1. The van der Waals surface area contributed by atoms with E-state index >= 15 is 0 Å². The average molecular weight is 746 g/mol. The number of aliphatic hydroxyl groups excluding tert-OH is 1. The predicted octanol–water partition coefficient (Wildman–Crippen LogP) is 2.84. The Bertz CT molecular complexity index is 1480. The summed E-state index contributed by atoms with van der Waals surface area (Å²) < 4.78 is 18.0. The van der Waals surface area contributed by atoms with Gasteiger partial charge in [-0.2, -0.15) is 9.97 Å². The quantitative estimate of drug-likeness (QED) is 0.194. The molecule has 0 saturated carbocycles. The summed E-state index contributed by atoms with van der Waals surface area (Å²) in [6, 6.07) is 2.04. The first-order valence-corrected chi connectivity index (χ1v) is 18.5. The van der Waals surface area contributed by atoms with Gasteiger partial charge in [-0.3, -0.25) is 9.48 Å². The fourth-order valence-electron chi connectivity index (χ4n) is 5.76. The second-order valence-corrected chi connectivity index (χ2v) is 15.5. The van der Waals surface area contributed by atoms with Gasteiger partial charge in [-0.05, 0) is 67.7 Å². The number of carbonyl (C=O) groups excluding carboxylic acids is 3. The molecule has 0 spiro atoms. The third-order valence-electron chi connectivity index (χ3n) is 8.23. The molecular weight excluding hydrogens is 686 g/mol. The van der Waals surface area contributed by atoms with Gasteiger partial charge < -0.3 is 50.0 Å². The van der Waals surface area contributed by atoms with Crippen molar-refractivity contribution in [3.05, 3.63) is 18.0 Å². The van der Waals surface area contributed by atoms with Crippen molar-refractivity contribution in [2.75, 3.05) is 74.6 Å². The van der Waals surface area contributed by atoms with E-state index in [9.17, 15) is 19.5 Å². The van der Waals surface area contributed by atoms with Crippen molar-refractivity contribution < 1.29 is 33.7 Å². The Labute approximate surface area is 312 Å². The highest BCUT2D eigenvalue weighted by atomic mass is 16.6. The van der Waals surface area contributed by atoms with Crippen LogP contribution < -0.4 is 20.9 Å². The summed E-state index contributed by atoms with van der Waals surface area (Å²) in [6.45, 7) is 17.9. The third kappa shape index (κ3) is 14.8. The van der Waals surface area contributed by atoms with Crippen LogP contribution in [0.4, 0.5) is 27.2 Å². The second-order valence-electron chi connectivity index (χ2n) is 15.5. The molecule has 0 radical (unpaired) electrons. The minimum Gasteiger partial charge on any atom is -0.444 e. The number of aryl methyl sites for hydroxylation is 1. The van der Waals surface area contributed by atoms with E-state index in [1.807, 2.05) is 37.9 Å². The summed E-state index contributed by atoms with van der Waals surface area (Å²) in [7, 11) is 0. The van der Waals surface area contributed by atoms with Gasteiger partial charge in [0.2, 0.25) is 11.9 Å². The van der Waals surface area contributed by atoms with Crippen LogP contribution in [0.3, 0.4) is 0 Å². The van der Waals surface area contributed by atoms with E-state index in [0.29, 0.717) is 64.1 Å². The van der Waals surface area contributed by atoms with Gasteiger partial charge in [0.1, 0.15) is 28.5 Å². The Hall–Kier alpha value is -4.45. The molecule has 0 aliphatic carbocycles. The number of amides is 3. The minimum absolute atomic E-state index is 0.0416. The number of nitrogens with one attached hydrogen (secondary N) is 3. The van der Waals surface area contributed by atoms with Crippen LogP contribution in [0.5, 0.6) is 0 Å². The summed E-state index contributed by atoms with van der Waals surface area (Å²) in [5.74, 6) is 1.88. The summed E-state index contributed by atoms with van der Waals surface area (Å²) in [4.78, 5) is 52.6. The first kappa shape index (κ1) is 41.3. The van der Waals surface area contributed by atoms with Crippen molar-refractivity contribution in [2.45, 2.75) is 111 Å². The van der Waals surface area contributed by atoms with E-state index in [-0.39, 0.29) is 31.5 Å². The Morgan fingerprint density at radius 1 is 1.04 bits per heavy atom. The summed E-state index contributed by atoms with van der Waals surface area (Å²) in [6.07, 6.45) is 2.39. The van der Waals surface area contributed by atoms with E-state index in [0.717, 1.165) is 37.4 Å². The molecule has 4 N–H and O–H groups in total. The fourth-order valence-corrected chi connectivity index (χ4v) is 5.76. The van der Waals surface area contributed by atoms with E-state index in [4.69, 9.17) is 24.2 Å². The smallest absolute Gasteiger partial charge is 0.410 e. The van der Waals surface area contributed by atoms with Crippen molar-refractivity contribution in [1.82, 2.24) is 40.1 Å². The van der Waals surface area contributed by atoms with Crippen LogP contribution in [0.25, 0.3) is 0 Å². The maximum Gasteiger partial charge on any atom is 0.410 e. The topological polar surface area (TPSA) is 201 Å². The van der Waals surface area contributed by atoms with E-state index in [2.05, 4.69) is 31.2 Å². The van der Waals surface area contributed by atoms with Gasteiger partial charge >= 0.3 is 12.2 Å². The van der Waals surface area contributed by atoms with Crippen molar-refractivity contribution in [1.29, 1.82) is 0 Å². The zero-order valence-electron chi connectivity index (χ0n) is 32.4. The van der Waals surface area contributed by atoms with Gasteiger partial charge in [-0.15, -0.1) is 5.10 Å². The first-order chi connectivity index (χ1) is 25.0. The number of alkyl carbamates (subject to hydrolysis) is 1. The number of piperidine rings is 1. The lowest BCUT2D eigenvalue weighted by Gasteiger charge is -2.34. The summed E-state index contributed by atoms with van der Waals surface area (Å²) in [5.41, 5.74) is -0.501. The molecule has 3 amide bonds. The Balaban J connectivity index is 1.29. The molecule has 296 valence electrons. The van der Waals surface area contributed by atoms with Crippen LogP contribution in [-0.2, 0) is 32.1 Å². The van der Waals surface area contributed by atoms with Gasteiger partial charge in [0, 0.05) is 70.9 Å². The molecule has 4 rings (SSSR count). The highest BCUT2D eigenvalue weighted by Gasteiger charge is 2.27. The van der Waals surface area contributed by atoms with Crippen molar-refractivity contribution >= 4 is 35.7 Å².